The van der Waals surface area contributed by atoms with Crippen molar-refractivity contribution in [2.24, 2.45) is 0 Å². The average molecular weight is 374 g/mol. The predicted octanol–water partition coefficient (Wildman–Crippen LogP) is 4.21. The number of carbonyl (C=O) groups is 1. The second kappa shape index (κ2) is 10.4. The highest BCUT2D eigenvalue weighted by molar-refractivity contribution is 6.10. The Labute approximate surface area is 165 Å². The summed E-state index contributed by atoms with van der Waals surface area (Å²) < 4.78 is 11.0. The van der Waals surface area contributed by atoms with Gasteiger partial charge in [0.2, 0.25) is 0 Å². The van der Waals surface area contributed by atoms with Crippen molar-refractivity contribution >= 4 is 17.7 Å². The zero-order chi connectivity index (χ0) is 20.4. The number of hydrogen-bond acceptors (Lipinski definition) is 4. The summed E-state index contributed by atoms with van der Waals surface area (Å²) in [5.74, 6) is 2.95. The normalized spacial score (nSPS) is 10.5. The van der Waals surface area contributed by atoms with Crippen LogP contribution in [0, 0.1) is 23.7 Å². The summed E-state index contributed by atoms with van der Waals surface area (Å²) in [4.78, 5) is 12.6. The van der Waals surface area contributed by atoms with E-state index in [0.29, 0.717) is 29.4 Å². The Balaban J connectivity index is 2.28. The van der Waals surface area contributed by atoms with E-state index in [0.717, 1.165) is 12.0 Å². The smallest absolute Gasteiger partial charge is 0.266 e. The minimum Gasteiger partial charge on any atom is -0.490 e. The molecule has 2 rings (SSSR count). The lowest BCUT2D eigenvalue weighted by Gasteiger charge is -2.11. The number of nitrogens with one attached hydrogen (secondary N) is 1. The Bertz CT molecular complexity index is 949. The molecule has 142 valence electrons. The molecule has 0 aliphatic carbocycles. The largest absolute Gasteiger partial charge is 0.490 e. The molecular weight excluding hydrogens is 352 g/mol. The van der Waals surface area contributed by atoms with E-state index in [4.69, 9.17) is 15.9 Å². The lowest BCUT2D eigenvalue weighted by atomic mass is 10.1. The molecule has 0 bridgehead atoms. The van der Waals surface area contributed by atoms with Crippen LogP contribution in [0.4, 0.5) is 5.69 Å². The van der Waals surface area contributed by atoms with Gasteiger partial charge in [0.05, 0.1) is 6.61 Å². The molecule has 0 saturated heterocycles. The number of ether oxygens (including phenoxy) is 2. The molecule has 5 heteroatoms. The molecule has 0 saturated carbocycles. The summed E-state index contributed by atoms with van der Waals surface area (Å²) >= 11 is 0. The molecule has 0 aliphatic heterocycles. The van der Waals surface area contributed by atoms with Crippen LogP contribution in [0.3, 0.4) is 0 Å². The van der Waals surface area contributed by atoms with E-state index >= 15 is 0 Å². The van der Waals surface area contributed by atoms with Gasteiger partial charge in [-0.15, -0.1) is 6.42 Å². The lowest BCUT2D eigenvalue weighted by molar-refractivity contribution is -0.112. The summed E-state index contributed by atoms with van der Waals surface area (Å²) in [6.45, 7) is 4.43. The number of benzene rings is 2. The van der Waals surface area contributed by atoms with Crippen LogP contribution in [0.15, 0.2) is 48.0 Å². The molecule has 0 radical (unpaired) electrons. The molecule has 0 aliphatic rings. The monoisotopic (exact) mass is 374 g/mol. The zero-order valence-electron chi connectivity index (χ0n) is 16.0. The Morgan fingerprint density at radius 1 is 1.18 bits per heavy atom. The molecule has 2 aromatic carbocycles. The van der Waals surface area contributed by atoms with Crippen molar-refractivity contribution in [3.63, 3.8) is 0 Å². The van der Waals surface area contributed by atoms with Gasteiger partial charge in [-0.05, 0) is 48.7 Å². The highest BCUT2D eigenvalue weighted by atomic mass is 16.5. The van der Waals surface area contributed by atoms with Crippen LogP contribution >= 0.6 is 0 Å². The second-order valence-electron chi connectivity index (χ2n) is 5.77. The van der Waals surface area contributed by atoms with E-state index in [9.17, 15) is 10.1 Å². The third-order valence-corrected chi connectivity index (χ3v) is 3.90. The number of anilines is 1. The first-order valence-electron chi connectivity index (χ1n) is 8.97. The standard InChI is InChI=1S/C23H22N2O3/c1-4-13-28-21-12-11-17(15-22(21)27-6-3)14-19(16-24)23(26)25-20-10-8-7-9-18(20)5-2/h1,7-12,14-15H,5-6,13H2,2-3H3,(H,25,26)/b19-14+. The van der Waals surface area contributed by atoms with Crippen LogP contribution in [0.2, 0.25) is 0 Å². The summed E-state index contributed by atoms with van der Waals surface area (Å²) in [7, 11) is 0. The van der Waals surface area contributed by atoms with Crippen molar-refractivity contribution in [2.45, 2.75) is 20.3 Å². The van der Waals surface area contributed by atoms with Gasteiger partial charge in [-0.1, -0.05) is 37.1 Å². The van der Waals surface area contributed by atoms with Gasteiger partial charge in [-0.25, -0.2) is 0 Å². The first-order chi connectivity index (χ1) is 13.6. The minimum atomic E-state index is -0.464. The van der Waals surface area contributed by atoms with Crippen LogP contribution in [-0.2, 0) is 11.2 Å². The Kier molecular flexibility index (Phi) is 7.69. The fraction of sp³-hybridized carbons (Fsp3) is 0.217. The van der Waals surface area contributed by atoms with Crippen molar-refractivity contribution in [1.82, 2.24) is 0 Å². The molecule has 5 nitrogen and oxygen atoms in total. The van der Waals surface area contributed by atoms with Crippen LogP contribution in [0.1, 0.15) is 25.0 Å². The van der Waals surface area contributed by atoms with E-state index < -0.39 is 5.91 Å². The molecule has 0 fully saturated rings. The van der Waals surface area contributed by atoms with Crippen LogP contribution < -0.4 is 14.8 Å². The van der Waals surface area contributed by atoms with Crippen molar-refractivity contribution < 1.29 is 14.3 Å². The maximum atomic E-state index is 12.6. The number of nitriles is 1. The number of terminal acetylenes is 1. The molecule has 1 amide bonds. The maximum absolute atomic E-state index is 12.6. The van der Waals surface area contributed by atoms with Gasteiger partial charge in [0.15, 0.2) is 11.5 Å². The van der Waals surface area contributed by atoms with Gasteiger partial charge >= 0.3 is 0 Å². The molecule has 0 atom stereocenters. The summed E-state index contributed by atoms with van der Waals surface area (Å²) in [6.07, 6.45) is 7.51. The van der Waals surface area contributed by atoms with Gasteiger partial charge in [0.1, 0.15) is 18.2 Å². The summed E-state index contributed by atoms with van der Waals surface area (Å²) in [5.41, 5.74) is 2.34. The topological polar surface area (TPSA) is 71.3 Å². The number of aryl methyl sites for hydroxylation is 1. The number of nitrogens with zero attached hydrogens (tertiary/aromatic N) is 1. The number of hydrogen-bond donors (Lipinski definition) is 1. The Hall–Kier alpha value is -3.70. The quantitative estimate of drug-likeness (QED) is 0.427. The molecule has 0 unspecified atom stereocenters. The molecule has 1 N–H and O–H groups in total. The van der Waals surface area contributed by atoms with Gasteiger partial charge < -0.3 is 14.8 Å². The third-order valence-electron chi connectivity index (χ3n) is 3.90. The fourth-order valence-electron chi connectivity index (χ4n) is 2.58. The minimum absolute atomic E-state index is 0.00866. The van der Waals surface area contributed by atoms with E-state index in [1.54, 1.807) is 18.2 Å². The highest BCUT2D eigenvalue weighted by Crippen LogP contribution is 2.29. The van der Waals surface area contributed by atoms with Gasteiger partial charge in [0, 0.05) is 5.69 Å². The van der Waals surface area contributed by atoms with E-state index in [2.05, 4.69) is 11.2 Å². The number of carbonyl (C=O) groups excluding carboxylic acids is 1. The maximum Gasteiger partial charge on any atom is 0.266 e. The van der Waals surface area contributed by atoms with Crippen LogP contribution in [0.5, 0.6) is 11.5 Å². The summed E-state index contributed by atoms with van der Waals surface area (Å²) in [5, 5.41) is 12.3. The molecule has 0 spiro atoms. The lowest BCUT2D eigenvalue weighted by Crippen LogP contribution is -2.14. The van der Waals surface area contributed by atoms with Crippen LogP contribution in [0.25, 0.3) is 6.08 Å². The molecule has 0 aromatic heterocycles. The Morgan fingerprint density at radius 3 is 2.64 bits per heavy atom. The second-order valence-corrected chi connectivity index (χ2v) is 5.77. The molecule has 2 aromatic rings. The highest BCUT2D eigenvalue weighted by Gasteiger charge is 2.12. The third kappa shape index (κ3) is 5.40. The number of amides is 1. The van der Waals surface area contributed by atoms with Crippen molar-refractivity contribution in [2.75, 3.05) is 18.5 Å². The SMILES string of the molecule is C#CCOc1ccc(/C=C(\C#N)C(=O)Nc2ccccc2CC)cc1OCC. The van der Waals surface area contributed by atoms with E-state index in [-0.39, 0.29) is 12.2 Å². The van der Waals surface area contributed by atoms with Crippen molar-refractivity contribution in [1.29, 1.82) is 5.26 Å². The van der Waals surface area contributed by atoms with Crippen molar-refractivity contribution in [3.05, 3.63) is 59.2 Å². The predicted molar refractivity (Wildman–Crippen MR) is 110 cm³/mol. The first kappa shape index (κ1) is 20.6. The average Bonchev–Trinajstić information content (AvgIpc) is 2.72. The molecular formula is C23H22N2O3. The molecule has 0 heterocycles. The molecule has 28 heavy (non-hydrogen) atoms. The van der Waals surface area contributed by atoms with Gasteiger partial charge in [-0.3, -0.25) is 4.79 Å². The number of rotatable bonds is 8. The van der Waals surface area contributed by atoms with Crippen molar-refractivity contribution in [3.8, 4) is 29.9 Å². The van der Waals surface area contributed by atoms with Crippen LogP contribution in [-0.4, -0.2) is 19.1 Å². The van der Waals surface area contributed by atoms with E-state index in [1.807, 2.05) is 44.2 Å². The van der Waals surface area contributed by atoms with Gasteiger partial charge in [-0.2, -0.15) is 5.26 Å². The summed E-state index contributed by atoms with van der Waals surface area (Å²) in [6, 6.07) is 14.6. The zero-order valence-corrected chi connectivity index (χ0v) is 16.0. The Morgan fingerprint density at radius 2 is 1.96 bits per heavy atom. The van der Waals surface area contributed by atoms with E-state index in [1.165, 1.54) is 6.08 Å². The first-order valence-corrected chi connectivity index (χ1v) is 8.97. The fourth-order valence-corrected chi connectivity index (χ4v) is 2.58. The van der Waals surface area contributed by atoms with Gasteiger partial charge in [0.25, 0.3) is 5.91 Å². The number of para-hydroxylation sites is 1.